The summed E-state index contributed by atoms with van der Waals surface area (Å²) in [6.07, 6.45) is 2.74. The van der Waals surface area contributed by atoms with E-state index >= 15 is 0 Å². The fraction of sp³-hybridized carbons (Fsp3) is 0.611. The van der Waals surface area contributed by atoms with Gasteiger partial charge in [-0.25, -0.2) is 0 Å². The van der Waals surface area contributed by atoms with Crippen molar-refractivity contribution in [2.24, 2.45) is 5.41 Å². The van der Waals surface area contributed by atoms with Crippen molar-refractivity contribution in [2.45, 2.75) is 52.7 Å². The van der Waals surface area contributed by atoms with Crippen LogP contribution in [0.5, 0.6) is 0 Å². The topological polar surface area (TPSA) is 29.5 Å². The monoisotopic (exact) mass is 323 g/mol. The molecular weight excluding hydrogens is 298 g/mol. The summed E-state index contributed by atoms with van der Waals surface area (Å²) in [5.41, 5.74) is 1.11. The fourth-order valence-electron chi connectivity index (χ4n) is 2.71. The Morgan fingerprint density at radius 1 is 1.41 bits per heavy atom. The van der Waals surface area contributed by atoms with Crippen molar-refractivity contribution in [3.8, 4) is 0 Å². The highest BCUT2D eigenvalue weighted by atomic mass is 35.5. The standard InChI is InChI=1S/C18H26ClNO2/c1-18(2,3)11-17(21)20-9-5-8-16(12-20)22-13-14-6-4-7-15(19)10-14/h4,6-7,10,16H,5,8-9,11-13H2,1-3H3/t16-/m1/s1. The number of piperidine rings is 1. The van der Waals surface area contributed by atoms with Gasteiger partial charge in [0.05, 0.1) is 12.7 Å². The highest BCUT2D eigenvalue weighted by Crippen LogP contribution is 2.23. The van der Waals surface area contributed by atoms with E-state index < -0.39 is 0 Å². The molecule has 1 fully saturated rings. The highest BCUT2D eigenvalue weighted by molar-refractivity contribution is 6.30. The summed E-state index contributed by atoms with van der Waals surface area (Å²) in [5, 5.41) is 0.728. The molecule has 4 heteroatoms. The van der Waals surface area contributed by atoms with Gasteiger partial charge in [0.15, 0.2) is 0 Å². The van der Waals surface area contributed by atoms with Gasteiger partial charge >= 0.3 is 0 Å². The minimum absolute atomic E-state index is 0.0334. The summed E-state index contributed by atoms with van der Waals surface area (Å²) >= 11 is 5.98. The van der Waals surface area contributed by atoms with E-state index in [-0.39, 0.29) is 17.4 Å². The second-order valence-corrected chi connectivity index (χ2v) is 7.72. The first-order chi connectivity index (χ1) is 10.3. The Morgan fingerprint density at radius 3 is 2.86 bits per heavy atom. The lowest BCUT2D eigenvalue weighted by molar-refractivity contribution is -0.137. The Kier molecular flexibility index (Phi) is 5.87. The van der Waals surface area contributed by atoms with Gasteiger partial charge < -0.3 is 9.64 Å². The molecule has 2 rings (SSSR count). The number of nitrogens with zero attached hydrogens (tertiary/aromatic N) is 1. The summed E-state index contributed by atoms with van der Waals surface area (Å²) in [6.45, 7) is 8.40. The van der Waals surface area contributed by atoms with E-state index in [0.717, 1.165) is 30.0 Å². The third-order valence-electron chi connectivity index (χ3n) is 3.79. The maximum atomic E-state index is 12.3. The van der Waals surface area contributed by atoms with Gasteiger partial charge in [0, 0.05) is 24.5 Å². The molecular formula is C18H26ClNO2. The van der Waals surface area contributed by atoms with Gasteiger partial charge in [-0.1, -0.05) is 44.5 Å². The van der Waals surface area contributed by atoms with E-state index in [9.17, 15) is 4.79 Å². The Balaban J connectivity index is 1.84. The second kappa shape index (κ2) is 7.47. The van der Waals surface area contributed by atoms with E-state index in [1.165, 1.54) is 0 Å². The third kappa shape index (κ3) is 5.62. The summed E-state index contributed by atoms with van der Waals surface area (Å²) in [7, 11) is 0. The summed E-state index contributed by atoms with van der Waals surface area (Å²) in [6, 6.07) is 7.73. The molecule has 0 aliphatic carbocycles. The van der Waals surface area contributed by atoms with Gasteiger partial charge in [-0.05, 0) is 36.0 Å². The Bertz CT molecular complexity index is 510. The van der Waals surface area contributed by atoms with Crippen LogP contribution in [-0.2, 0) is 16.1 Å². The van der Waals surface area contributed by atoms with Crippen molar-refractivity contribution >= 4 is 17.5 Å². The van der Waals surface area contributed by atoms with E-state index in [4.69, 9.17) is 16.3 Å². The number of likely N-dealkylation sites (tertiary alicyclic amines) is 1. The van der Waals surface area contributed by atoms with Gasteiger partial charge in [0.1, 0.15) is 0 Å². The van der Waals surface area contributed by atoms with Crippen molar-refractivity contribution < 1.29 is 9.53 Å². The fourth-order valence-corrected chi connectivity index (χ4v) is 2.92. The predicted molar refractivity (Wildman–Crippen MR) is 89.9 cm³/mol. The van der Waals surface area contributed by atoms with Crippen LogP contribution < -0.4 is 0 Å². The number of benzene rings is 1. The normalized spacial score (nSPS) is 19.3. The lowest BCUT2D eigenvalue weighted by atomic mass is 9.91. The smallest absolute Gasteiger partial charge is 0.223 e. The minimum atomic E-state index is 0.0334. The first-order valence-electron chi connectivity index (χ1n) is 7.97. The first kappa shape index (κ1) is 17.3. The highest BCUT2D eigenvalue weighted by Gasteiger charge is 2.26. The number of rotatable bonds is 4. The van der Waals surface area contributed by atoms with Gasteiger partial charge in [0.25, 0.3) is 0 Å². The Morgan fingerprint density at radius 2 is 2.18 bits per heavy atom. The predicted octanol–water partition coefficient (Wildman–Crippen LogP) is 4.28. The van der Waals surface area contributed by atoms with Crippen LogP contribution in [0, 0.1) is 5.41 Å². The number of carbonyl (C=O) groups excluding carboxylic acids is 1. The molecule has 1 aromatic carbocycles. The molecule has 1 aliphatic heterocycles. The Hall–Kier alpha value is -1.06. The van der Waals surface area contributed by atoms with Crippen molar-refractivity contribution in [1.82, 2.24) is 4.90 Å². The number of carbonyl (C=O) groups is 1. The number of hydrogen-bond donors (Lipinski definition) is 0. The molecule has 1 amide bonds. The zero-order valence-corrected chi connectivity index (χ0v) is 14.5. The number of halogens is 1. The maximum absolute atomic E-state index is 12.3. The molecule has 0 bridgehead atoms. The zero-order valence-electron chi connectivity index (χ0n) is 13.8. The number of ether oxygens (including phenoxy) is 1. The second-order valence-electron chi connectivity index (χ2n) is 7.28. The molecule has 1 aliphatic rings. The van der Waals surface area contributed by atoms with Gasteiger partial charge in [-0.2, -0.15) is 0 Å². The summed E-state index contributed by atoms with van der Waals surface area (Å²) in [5.74, 6) is 0.239. The van der Waals surface area contributed by atoms with Crippen LogP contribution in [0.4, 0.5) is 0 Å². The average molecular weight is 324 g/mol. The van der Waals surface area contributed by atoms with Crippen LogP contribution in [0.2, 0.25) is 5.02 Å². The van der Waals surface area contributed by atoms with Crippen molar-refractivity contribution in [3.05, 3.63) is 34.9 Å². The molecule has 1 heterocycles. The van der Waals surface area contributed by atoms with Crippen LogP contribution in [0.3, 0.4) is 0 Å². The molecule has 0 unspecified atom stereocenters. The van der Waals surface area contributed by atoms with E-state index in [0.29, 0.717) is 19.6 Å². The van der Waals surface area contributed by atoms with Crippen molar-refractivity contribution in [1.29, 1.82) is 0 Å². The van der Waals surface area contributed by atoms with Gasteiger partial charge in [0.2, 0.25) is 5.91 Å². The number of amides is 1. The SMILES string of the molecule is CC(C)(C)CC(=O)N1CCC[C@@H](OCc2cccc(Cl)c2)C1. The van der Waals surface area contributed by atoms with Crippen LogP contribution in [-0.4, -0.2) is 30.0 Å². The van der Waals surface area contributed by atoms with Crippen LogP contribution >= 0.6 is 11.6 Å². The summed E-state index contributed by atoms with van der Waals surface area (Å²) in [4.78, 5) is 14.3. The zero-order chi connectivity index (χ0) is 16.2. The maximum Gasteiger partial charge on any atom is 0.223 e. The van der Waals surface area contributed by atoms with Crippen LogP contribution in [0.1, 0.15) is 45.6 Å². The van der Waals surface area contributed by atoms with Gasteiger partial charge in [-0.15, -0.1) is 0 Å². The molecule has 0 saturated carbocycles. The number of hydrogen-bond acceptors (Lipinski definition) is 2. The van der Waals surface area contributed by atoms with E-state index in [1.54, 1.807) is 0 Å². The first-order valence-corrected chi connectivity index (χ1v) is 8.35. The molecule has 0 radical (unpaired) electrons. The molecule has 0 spiro atoms. The minimum Gasteiger partial charge on any atom is -0.372 e. The van der Waals surface area contributed by atoms with Crippen LogP contribution in [0.15, 0.2) is 24.3 Å². The summed E-state index contributed by atoms with van der Waals surface area (Å²) < 4.78 is 5.98. The molecule has 0 aromatic heterocycles. The molecule has 1 saturated heterocycles. The van der Waals surface area contributed by atoms with Crippen LogP contribution in [0.25, 0.3) is 0 Å². The molecule has 3 nitrogen and oxygen atoms in total. The lowest BCUT2D eigenvalue weighted by Crippen LogP contribution is -2.44. The third-order valence-corrected chi connectivity index (χ3v) is 4.02. The molecule has 0 N–H and O–H groups in total. The molecule has 1 atom stereocenters. The van der Waals surface area contributed by atoms with E-state index in [2.05, 4.69) is 20.8 Å². The molecule has 1 aromatic rings. The molecule has 122 valence electrons. The van der Waals surface area contributed by atoms with Crippen molar-refractivity contribution in [3.63, 3.8) is 0 Å². The molecule has 22 heavy (non-hydrogen) atoms. The average Bonchev–Trinajstić information content (AvgIpc) is 2.44. The quantitative estimate of drug-likeness (QED) is 0.827. The van der Waals surface area contributed by atoms with E-state index in [1.807, 2.05) is 29.2 Å². The van der Waals surface area contributed by atoms with Crippen molar-refractivity contribution in [2.75, 3.05) is 13.1 Å². The Labute approximate surface area is 138 Å². The largest absolute Gasteiger partial charge is 0.372 e. The lowest BCUT2D eigenvalue weighted by Gasteiger charge is -2.34. The van der Waals surface area contributed by atoms with Gasteiger partial charge in [-0.3, -0.25) is 4.79 Å².